The van der Waals surface area contributed by atoms with Crippen LogP contribution in [0.3, 0.4) is 0 Å². The van der Waals surface area contributed by atoms with Gasteiger partial charge in [-0.2, -0.15) is 0 Å². The number of hydrogen-bond acceptors (Lipinski definition) is 5. The van der Waals surface area contributed by atoms with Crippen molar-refractivity contribution in [3.05, 3.63) is 108 Å². The third kappa shape index (κ3) is 6.20. The van der Waals surface area contributed by atoms with Crippen LogP contribution in [0.25, 0.3) is 0 Å². The molecule has 0 saturated heterocycles. The molecule has 2 aromatic rings. The Kier molecular flexibility index (Phi) is 6.99. The Hall–Kier alpha value is -4.13. The molecule has 0 saturated carbocycles. The number of nitrogens with zero attached hydrogens (tertiary/aromatic N) is 3. The van der Waals surface area contributed by atoms with Crippen LogP contribution in [-0.2, 0) is 13.6 Å². The van der Waals surface area contributed by atoms with Crippen molar-refractivity contribution in [1.82, 2.24) is 9.88 Å². The summed E-state index contributed by atoms with van der Waals surface area (Å²) >= 11 is 0. The third-order valence-corrected chi connectivity index (χ3v) is 5.31. The van der Waals surface area contributed by atoms with Crippen molar-refractivity contribution in [2.45, 2.75) is 19.4 Å². The summed E-state index contributed by atoms with van der Waals surface area (Å²) in [4.78, 5) is 4.75. The third-order valence-electron chi connectivity index (χ3n) is 5.31. The van der Waals surface area contributed by atoms with Gasteiger partial charge in [-0.15, -0.1) is 0 Å². The maximum atomic E-state index is 8.24. The monoisotopic (exact) mass is 440 g/mol. The number of nitrogens with one attached hydrogen (secondary N) is 3. The van der Waals surface area contributed by atoms with E-state index in [1.165, 1.54) is 0 Å². The van der Waals surface area contributed by atoms with Crippen LogP contribution >= 0.6 is 0 Å². The Balaban J connectivity index is 1.36. The number of aliphatic imine (C=N–C) groups is 1. The van der Waals surface area contributed by atoms with Crippen LogP contribution in [0.5, 0.6) is 0 Å². The van der Waals surface area contributed by atoms with Crippen LogP contribution in [0, 0.1) is 5.41 Å². The van der Waals surface area contributed by atoms with Crippen LogP contribution in [-0.4, -0.2) is 22.5 Å². The van der Waals surface area contributed by atoms with E-state index >= 15 is 0 Å². The molecule has 33 heavy (non-hydrogen) atoms. The summed E-state index contributed by atoms with van der Waals surface area (Å²) < 4.78 is 4.23. The Morgan fingerprint density at radius 2 is 2.00 bits per heavy atom. The van der Waals surface area contributed by atoms with Crippen LogP contribution in [0.1, 0.15) is 12.8 Å². The normalized spacial score (nSPS) is 17.1. The summed E-state index contributed by atoms with van der Waals surface area (Å²) in [5.74, 6) is 0. The molecule has 1 heterocycles. The van der Waals surface area contributed by atoms with E-state index in [-0.39, 0.29) is 0 Å². The van der Waals surface area contributed by atoms with Crippen molar-refractivity contribution in [2.24, 2.45) is 17.8 Å². The number of para-hydroxylation sites is 1. The van der Waals surface area contributed by atoms with E-state index in [0.717, 1.165) is 43.0 Å². The minimum Gasteiger partial charge on any atom is -0.397 e. The molecule has 2 aliphatic rings. The smallest absolute Gasteiger partial charge is 0.243 e. The molecule has 0 amide bonds. The summed E-state index contributed by atoms with van der Waals surface area (Å²) in [6.45, 7) is 1.88. The molecule has 0 spiro atoms. The lowest BCUT2D eigenvalue weighted by Crippen LogP contribution is -2.24. The van der Waals surface area contributed by atoms with E-state index in [9.17, 15) is 0 Å². The highest BCUT2D eigenvalue weighted by molar-refractivity contribution is 6.23. The number of anilines is 1. The molecule has 0 unspecified atom stereocenters. The SMILES string of the molecule is C[n+]1ccn(CCCNC2=CCC=C(/N=C3/C=C(Nc4ccccc4)C(=N)C=C3N)C=C2)c1. The van der Waals surface area contributed by atoms with Crippen LogP contribution in [0.15, 0.2) is 113 Å². The summed E-state index contributed by atoms with van der Waals surface area (Å²) in [6.07, 6.45) is 19.8. The zero-order chi connectivity index (χ0) is 23.0. The molecular formula is C26H30N7+. The predicted octanol–water partition coefficient (Wildman–Crippen LogP) is 3.33. The second kappa shape index (κ2) is 10.5. The van der Waals surface area contributed by atoms with Crippen LogP contribution in [0.4, 0.5) is 5.69 Å². The van der Waals surface area contributed by atoms with E-state index in [1.54, 1.807) is 6.08 Å². The molecule has 0 bridgehead atoms. The molecule has 2 aliphatic carbocycles. The average molecular weight is 441 g/mol. The van der Waals surface area contributed by atoms with E-state index < -0.39 is 0 Å². The van der Waals surface area contributed by atoms with Gasteiger partial charge in [-0.05, 0) is 42.9 Å². The lowest BCUT2D eigenvalue weighted by Gasteiger charge is -2.16. The van der Waals surface area contributed by atoms with Crippen molar-refractivity contribution in [3.63, 3.8) is 0 Å². The maximum absolute atomic E-state index is 8.24. The first kappa shape index (κ1) is 22.1. The average Bonchev–Trinajstić information content (AvgIpc) is 3.09. The number of benzene rings is 1. The maximum Gasteiger partial charge on any atom is 0.243 e. The highest BCUT2D eigenvalue weighted by Gasteiger charge is 2.15. The molecule has 1 aromatic carbocycles. The Morgan fingerprint density at radius 1 is 1.15 bits per heavy atom. The van der Waals surface area contributed by atoms with Gasteiger partial charge in [0.2, 0.25) is 6.33 Å². The second-order valence-corrected chi connectivity index (χ2v) is 8.01. The van der Waals surface area contributed by atoms with Gasteiger partial charge in [0, 0.05) is 24.4 Å². The number of imidazole rings is 1. The van der Waals surface area contributed by atoms with E-state index in [2.05, 4.69) is 46.0 Å². The van der Waals surface area contributed by atoms with Gasteiger partial charge in [0.25, 0.3) is 0 Å². The molecule has 4 rings (SSSR count). The number of rotatable bonds is 8. The zero-order valence-corrected chi connectivity index (χ0v) is 18.8. The largest absolute Gasteiger partial charge is 0.397 e. The van der Waals surface area contributed by atoms with Gasteiger partial charge in [-0.25, -0.2) is 14.1 Å². The Labute approximate surface area is 194 Å². The highest BCUT2D eigenvalue weighted by atomic mass is 15.1. The van der Waals surface area contributed by atoms with Crippen molar-refractivity contribution in [2.75, 3.05) is 11.9 Å². The fourth-order valence-electron chi connectivity index (χ4n) is 3.58. The molecule has 0 radical (unpaired) electrons. The first-order valence-electron chi connectivity index (χ1n) is 11.1. The van der Waals surface area contributed by atoms with Gasteiger partial charge in [0.15, 0.2) is 0 Å². The summed E-state index contributed by atoms with van der Waals surface area (Å²) in [6, 6.07) is 9.79. The number of allylic oxidation sites excluding steroid dienone is 6. The van der Waals surface area contributed by atoms with Crippen LogP contribution < -0.4 is 20.9 Å². The molecule has 7 nitrogen and oxygen atoms in total. The van der Waals surface area contributed by atoms with E-state index in [0.29, 0.717) is 22.8 Å². The molecule has 5 N–H and O–H groups in total. The van der Waals surface area contributed by atoms with Crippen LogP contribution in [0.2, 0.25) is 0 Å². The number of hydrogen-bond donors (Lipinski definition) is 4. The molecule has 168 valence electrons. The molecular weight excluding hydrogens is 410 g/mol. The summed E-state index contributed by atoms with van der Waals surface area (Å²) in [5.41, 5.74) is 11.2. The Morgan fingerprint density at radius 3 is 2.79 bits per heavy atom. The molecule has 1 aromatic heterocycles. The molecule has 0 atom stereocenters. The lowest BCUT2D eigenvalue weighted by molar-refractivity contribution is -0.671. The minimum atomic E-state index is 0.336. The van der Waals surface area contributed by atoms with Crippen molar-refractivity contribution in [1.29, 1.82) is 5.41 Å². The molecule has 7 heteroatoms. The molecule has 0 aliphatic heterocycles. The number of nitrogens with two attached hydrogens (primary N) is 1. The number of aryl methyl sites for hydroxylation is 2. The Bertz CT molecular complexity index is 1190. The van der Waals surface area contributed by atoms with Gasteiger partial charge >= 0.3 is 0 Å². The van der Waals surface area contributed by atoms with Crippen molar-refractivity contribution < 1.29 is 4.57 Å². The highest BCUT2D eigenvalue weighted by Crippen LogP contribution is 2.17. The fourth-order valence-corrected chi connectivity index (χ4v) is 3.58. The summed E-state index contributed by atoms with van der Waals surface area (Å²) in [7, 11) is 2.03. The number of aromatic nitrogens is 2. The van der Waals surface area contributed by atoms with Gasteiger partial charge in [-0.3, -0.25) is 5.41 Å². The topological polar surface area (TPSA) is 95.1 Å². The van der Waals surface area contributed by atoms with Gasteiger partial charge in [0.05, 0.1) is 42.1 Å². The van der Waals surface area contributed by atoms with E-state index in [4.69, 9.17) is 16.1 Å². The van der Waals surface area contributed by atoms with Crippen molar-refractivity contribution in [3.8, 4) is 0 Å². The standard InChI is InChI=1S/C26H30N7/c1-32-15-16-33(19-32)14-6-13-29-20-9-5-10-22(12-11-20)31-26-18-25(23(27)17-24(26)28)30-21-7-3-2-4-8-21/h2-4,7-12,15-19,27,29-30H,5-6,13-14,28H2,1H3/q+1/b27-23?,31-26-. The van der Waals surface area contributed by atoms with E-state index in [1.807, 2.05) is 60.3 Å². The van der Waals surface area contributed by atoms with Gasteiger partial charge in [0.1, 0.15) is 12.4 Å². The lowest BCUT2D eigenvalue weighted by atomic mass is 10.0. The fraction of sp³-hybridized carbons (Fsp3) is 0.192. The first-order valence-corrected chi connectivity index (χ1v) is 11.1. The van der Waals surface area contributed by atoms with Crippen molar-refractivity contribution >= 4 is 17.1 Å². The molecule has 0 fully saturated rings. The summed E-state index contributed by atoms with van der Waals surface area (Å²) in [5, 5.41) is 15.0. The minimum absolute atomic E-state index is 0.336. The zero-order valence-electron chi connectivity index (χ0n) is 18.8. The van der Waals surface area contributed by atoms with Gasteiger partial charge < -0.3 is 16.4 Å². The first-order chi connectivity index (χ1) is 16.1. The quantitative estimate of drug-likeness (QED) is 0.288. The van der Waals surface area contributed by atoms with Gasteiger partial charge in [-0.1, -0.05) is 30.4 Å². The predicted molar refractivity (Wildman–Crippen MR) is 134 cm³/mol. The second-order valence-electron chi connectivity index (χ2n) is 8.01.